The molecule has 3 heterocycles. The molecule has 0 saturated carbocycles. The summed E-state index contributed by atoms with van der Waals surface area (Å²) in [4.78, 5) is 32.3. The van der Waals surface area contributed by atoms with E-state index < -0.39 is 5.60 Å². The molecule has 1 aromatic carbocycles. The number of allylic oxidation sites excluding steroid dienone is 1. The molecule has 0 unspecified atom stereocenters. The van der Waals surface area contributed by atoms with Gasteiger partial charge in [0.15, 0.2) is 0 Å². The van der Waals surface area contributed by atoms with E-state index in [4.69, 9.17) is 4.74 Å². The van der Waals surface area contributed by atoms with Gasteiger partial charge in [-0.3, -0.25) is 9.69 Å². The largest absolute Gasteiger partial charge is 0.443 e. The van der Waals surface area contributed by atoms with Gasteiger partial charge in [0, 0.05) is 24.7 Å². The molecule has 1 atom stereocenters. The second kappa shape index (κ2) is 8.30. The van der Waals surface area contributed by atoms with Crippen LogP contribution in [0.2, 0.25) is 0 Å². The van der Waals surface area contributed by atoms with Crippen molar-refractivity contribution in [3.63, 3.8) is 0 Å². The predicted molar refractivity (Wildman–Crippen MR) is 122 cm³/mol. The molecule has 0 radical (unpaired) electrons. The van der Waals surface area contributed by atoms with Crippen molar-refractivity contribution in [1.29, 1.82) is 0 Å². The molecule has 1 saturated heterocycles. The van der Waals surface area contributed by atoms with Gasteiger partial charge in [-0.1, -0.05) is 25.1 Å². The first-order valence-electron chi connectivity index (χ1n) is 11.5. The number of piperidine rings is 1. The number of rotatable bonds is 2. The van der Waals surface area contributed by atoms with Gasteiger partial charge in [0.2, 0.25) is 0 Å². The molecule has 0 bridgehead atoms. The van der Waals surface area contributed by atoms with E-state index in [1.54, 1.807) is 4.90 Å². The summed E-state index contributed by atoms with van der Waals surface area (Å²) in [6.07, 6.45) is 4.73. The number of amides is 2. The highest BCUT2D eigenvalue weighted by atomic mass is 16.6. The lowest BCUT2D eigenvalue weighted by atomic mass is 9.96. The first kappa shape index (κ1) is 21.9. The Bertz CT molecular complexity index is 894. The summed E-state index contributed by atoms with van der Waals surface area (Å²) >= 11 is 0. The van der Waals surface area contributed by atoms with Gasteiger partial charge in [-0.05, 0) is 83.3 Å². The Balaban J connectivity index is 1.57. The molecule has 3 aliphatic heterocycles. The SMILES string of the molecule is C[C@H]1CC=C(c2ccc3c(c2)C(=O)N(C2CCN(C)CC2)C3)N(C(=O)OC(C)(C)C)C1. The number of nitrogens with zero attached hydrogens (tertiary/aromatic N) is 3. The smallest absolute Gasteiger partial charge is 0.414 e. The lowest BCUT2D eigenvalue weighted by Crippen LogP contribution is -2.43. The second-order valence-electron chi connectivity index (χ2n) is 10.4. The van der Waals surface area contributed by atoms with E-state index in [0.29, 0.717) is 25.0 Å². The summed E-state index contributed by atoms with van der Waals surface area (Å²) < 4.78 is 5.66. The van der Waals surface area contributed by atoms with Gasteiger partial charge in [-0.2, -0.15) is 0 Å². The van der Waals surface area contributed by atoms with Crippen molar-refractivity contribution in [2.75, 3.05) is 26.7 Å². The standard InChI is InChI=1S/C25H35N3O3/c1-17-6-9-22(28(15-17)24(30)31-25(2,3)4)18-7-8-19-16-27(23(29)21(19)14-18)20-10-12-26(5)13-11-20/h7-9,14,17,20H,6,10-13,15-16H2,1-5H3/t17-/m0/s1. The van der Waals surface area contributed by atoms with Crippen LogP contribution in [-0.2, 0) is 11.3 Å². The molecular weight excluding hydrogens is 390 g/mol. The van der Waals surface area contributed by atoms with Gasteiger partial charge < -0.3 is 14.5 Å². The number of fused-ring (bicyclic) bond motifs is 1. The van der Waals surface area contributed by atoms with Crippen molar-refractivity contribution in [1.82, 2.24) is 14.7 Å². The minimum Gasteiger partial charge on any atom is -0.443 e. The van der Waals surface area contributed by atoms with Crippen molar-refractivity contribution < 1.29 is 14.3 Å². The zero-order chi connectivity index (χ0) is 22.3. The van der Waals surface area contributed by atoms with Crippen LogP contribution in [0.5, 0.6) is 0 Å². The molecule has 6 heteroatoms. The molecule has 168 valence electrons. The lowest BCUT2D eigenvalue weighted by Gasteiger charge is -2.35. The van der Waals surface area contributed by atoms with E-state index >= 15 is 0 Å². The monoisotopic (exact) mass is 425 g/mol. The quantitative estimate of drug-likeness (QED) is 0.707. The minimum absolute atomic E-state index is 0.125. The number of hydrogen-bond donors (Lipinski definition) is 0. The molecule has 0 spiro atoms. The van der Waals surface area contributed by atoms with Gasteiger partial charge in [-0.15, -0.1) is 0 Å². The van der Waals surface area contributed by atoms with Crippen LogP contribution in [0.4, 0.5) is 4.79 Å². The summed E-state index contributed by atoms with van der Waals surface area (Å²) in [5.41, 5.74) is 3.07. The van der Waals surface area contributed by atoms with Crippen LogP contribution in [-0.4, -0.2) is 65.0 Å². The Hall–Kier alpha value is -2.34. The van der Waals surface area contributed by atoms with Crippen LogP contribution in [0.25, 0.3) is 5.70 Å². The maximum Gasteiger partial charge on any atom is 0.414 e. The molecule has 3 aliphatic rings. The Morgan fingerprint density at radius 3 is 2.55 bits per heavy atom. The average Bonchev–Trinajstić information content (AvgIpc) is 3.03. The van der Waals surface area contributed by atoms with Crippen LogP contribution in [0.15, 0.2) is 24.3 Å². The van der Waals surface area contributed by atoms with Gasteiger partial charge in [0.1, 0.15) is 5.60 Å². The molecule has 2 amide bonds. The molecule has 0 aromatic heterocycles. The van der Waals surface area contributed by atoms with Crippen LogP contribution in [0.3, 0.4) is 0 Å². The number of likely N-dealkylation sites (tertiary alicyclic amines) is 1. The van der Waals surface area contributed by atoms with Gasteiger partial charge in [-0.25, -0.2) is 4.79 Å². The fourth-order valence-electron chi connectivity index (χ4n) is 4.76. The van der Waals surface area contributed by atoms with E-state index in [-0.39, 0.29) is 12.0 Å². The number of hydrogen-bond acceptors (Lipinski definition) is 4. The summed E-state index contributed by atoms with van der Waals surface area (Å²) in [6, 6.07) is 6.39. The lowest BCUT2D eigenvalue weighted by molar-refractivity contribution is 0.0327. The van der Waals surface area contributed by atoms with Crippen LogP contribution in [0, 0.1) is 5.92 Å². The molecule has 1 aromatic rings. The Kier molecular flexibility index (Phi) is 5.86. The van der Waals surface area contributed by atoms with Crippen molar-refractivity contribution >= 4 is 17.7 Å². The highest BCUT2D eigenvalue weighted by Gasteiger charge is 2.35. The molecule has 0 aliphatic carbocycles. The third-order valence-corrected chi connectivity index (χ3v) is 6.48. The van der Waals surface area contributed by atoms with Crippen molar-refractivity contribution in [3.8, 4) is 0 Å². The molecule has 4 rings (SSSR count). The predicted octanol–water partition coefficient (Wildman–Crippen LogP) is 4.35. The Labute approximate surface area is 185 Å². The van der Waals surface area contributed by atoms with Crippen molar-refractivity contribution in [2.45, 2.75) is 65.1 Å². The minimum atomic E-state index is -0.550. The second-order valence-corrected chi connectivity index (χ2v) is 10.4. The third kappa shape index (κ3) is 4.64. The molecule has 0 N–H and O–H groups in total. The average molecular weight is 426 g/mol. The summed E-state index contributed by atoms with van der Waals surface area (Å²) in [5.74, 6) is 0.493. The Morgan fingerprint density at radius 2 is 1.87 bits per heavy atom. The third-order valence-electron chi connectivity index (χ3n) is 6.48. The fraction of sp³-hybridized carbons (Fsp3) is 0.600. The van der Waals surface area contributed by atoms with E-state index in [0.717, 1.165) is 54.7 Å². The summed E-state index contributed by atoms with van der Waals surface area (Å²) in [7, 11) is 2.14. The number of benzene rings is 1. The van der Waals surface area contributed by atoms with Gasteiger partial charge in [0.05, 0.1) is 5.70 Å². The summed E-state index contributed by atoms with van der Waals surface area (Å²) in [5, 5.41) is 0. The van der Waals surface area contributed by atoms with E-state index in [1.807, 2.05) is 37.8 Å². The van der Waals surface area contributed by atoms with E-state index in [9.17, 15) is 9.59 Å². The van der Waals surface area contributed by atoms with E-state index in [1.165, 1.54) is 0 Å². The number of carbonyl (C=O) groups is 2. The highest BCUT2D eigenvalue weighted by Crippen LogP contribution is 2.34. The number of ether oxygens (including phenoxy) is 1. The van der Waals surface area contributed by atoms with E-state index in [2.05, 4.69) is 31.0 Å². The van der Waals surface area contributed by atoms with Crippen LogP contribution >= 0.6 is 0 Å². The first-order valence-corrected chi connectivity index (χ1v) is 11.5. The molecule has 31 heavy (non-hydrogen) atoms. The van der Waals surface area contributed by atoms with Crippen molar-refractivity contribution in [3.05, 3.63) is 41.0 Å². The fourth-order valence-corrected chi connectivity index (χ4v) is 4.76. The Morgan fingerprint density at radius 1 is 1.16 bits per heavy atom. The van der Waals surface area contributed by atoms with Crippen molar-refractivity contribution in [2.24, 2.45) is 5.92 Å². The zero-order valence-corrected chi connectivity index (χ0v) is 19.5. The van der Waals surface area contributed by atoms with Gasteiger partial charge >= 0.3 is 6.09 Å². The number of carbonyl (C=O) groups excluding carboxylic acids is 2. The highest BCUT2D eigenvalue weighted by molar-refractivity contribution is 5.99. The normalized spacial score (nSPS) is 23.1. The molecular formula is C25H35N3O3. The first-order chi connectivity index (χ1) is 14.6. The van der Waals surface area contributed by atoms with Crippen LogP contribution in [0.1, 0.15) is 68.4 Å². The zero-order valence-electron chi connectivity index (χ0n) is 19.5. The summed E-state index contributed by atoms with van der Waals surface area (Å²) in [6.45, 7) is 11.2. The maximum atomic E-state index is 13.3. The van der Waals surface area contributed by atoms with Gasteiger partial charge in [0.25, 0.3) is 5.91 Å². The molecule has 1 fully saturated rings. The van der Waals surface area contributed by atoms with Crippen LogP contribution < -0.4 is 0 Å². The maximum absolute atomic E-state index is 13.3. The topological polar surface area (TPSA) is 53.1 Å². The molecule has 6 nitrogen and oxygen atoms in total.